The number of pyridine rings is 1. The van der Waals surface area contributed by atoms with Crippen LogP contribution in [0.25, 0.3) is 0 Å². The summed E-state index contributed by atoms with van der Waals surface area (Å²) in [5.41, 5.74) is 3.90. The molecule has 0 spiro atoms. The first kappa shape index (κ1) is 26.4. The summed E-state index contributed by atoms with van der Waals surface area (Å²) in [7, 11) is 0.949. The highest BCUT2D eigenvalue weighted by Gasteiger charge is 2.39. The van der Waals surface area contributed by atoms with Crippen LogP contribution in [0.5, 0.6) is 0 Å². The number of urea groups is 1. The lowest BCUT2D eigenvalue weighted by Gasteiger charge is -2.23. The maximum Gasteiger partial charge on any atom is 0.327 e. The van der Waals surface area contributed by atoms with Gasteiger partial charge in [0.25, 0.3) is 5.91 Å². The van der Waals surface area contributed by atoms with Gasteiger partial charge in [-0.25, -0.2) is 9.69 Å². The van der Waals surface area contributed by atoms with E-state index in [1.54, 1.807) is 13.8 Å². The normalized spacial score (nSPS) is 15.8. The Morgan fingerprint density at radius 3 is 2.46 bits per heavy atom. The van der Waals surface area contributed by atoms with Crippen LogP contribution in [0.15, 0.2) is 42.6 Å². The number of carbonyl (C=O) groups is 3. The molecule has 1 aliphatic heterocycles. The Morgan fingerprint density at radius 2 is 1.83 bits per heavy atom. The number of aromatic nitrogens is 1. The van der Waals surface area contributed by atoms with Crippen molar-refractivity contribution in [1.29, 1.82) is 0 Å². The summed E-state index contributed by atoms with van der Waals surface area (Å²) in [4.78, 5) is 42.8. The molecule has 1 fully saturated rings. The predicted octanol–water partition coefficient (Wildman–Crippen LogP) is 3.16. The Balaban J connectivity index is 1.47. The Kier molecular flexibility index (Phi) is 9.07. The number of ether oxygens (including phenoxy) is 1. The number of carbonyl (C=O) groups excluding carboxylic acids is 3. The fourth-order valence-corrected chi connectivity index (χ4v) is 4.25. The fraction of sp³-hybridized carbons (Fsp3) is 0.481. The molecular weight excluding hydrogens is 441 g/mol. The van der Waals surface area contributed by atoms with Gasteiger partial charge in [-0.2, -0.15) is 0 Å². The molecule has 1 aromatic carbocycles. The quantitative estimate of drug-likeness (QED) is 0.288. The summed E-state index contributed by atoms with van der Waals surface area (Å²) in [6.07, 6.45) is 6.81. The van der Waals surface area contributed by atoms with Crippen molar-refractivity contribution in [3.8, 4) is 0 Å². The van der Waals surface area contributed by atoms with E-state index in [-0.39, 0.29) is 12.6 Å². The lowest BCUT2D eigenvalue weighted by molar-refractivity contribution is -0.159. The third-order valence-electron chi connectivity index (χ3n) is 6.51. The molecule has 1 aromatic heterocycles. The Hall–Kier alpha value is -3.16. The summed E-state index contributed by atoms with van der Waals surface area (Å²) in [5, 5.41) is 2.70. The maximum atomic E-state index is 12.7. The minimum atomic E-state index is -0.659. The molecule has 7 nitrogen and oxygen atoms in total. The molecule has 1 N–H and O–H groups in total. The van der Waals surface area contributed by atoms with Crippen LogP contribution in [-0.4, -0.2) is 47.8 Å². The third-order valence-corrected chi connectivity index (χ3v) is 6.51. The van der Waals surface area contributed by atoms with Gasteiger partial charge in [0.2, 0.25) is 0 Å². The molecule has 0 saturated carbocycles. The van der Waals surface area contributed by atoms with Gasteiger partial charge in [0.1, 0.15) is 6.04 Å². The number of nitrogens with zero attached hydrogens (tertiary/aromatic N) is 2. The first-order valence-corrected chi connectivity index (χ1v) is 12.5. The molecule has 3 amide bonds. The lowest BCUT2D eigenvalue weighted by atomic mass is 9.66. The second kappa shape index (κ2) is 12.0. The average molecular weight is 477 g/mol. The van der Waals surface area contributed by atoms with Gasteiger partial charge in [-0.05, 0) is 50.3 Å². The van der Waals surface area contributed by atoms with Crippen molar-refractivity contribution in [2.45, 2.75) is 72.2 Å². The van der Waals surface area contributed by atoms with E-state index in [0.717, 1.165) is 49.0 Å². The minimum absolute atomic E-state index is 0.359. The zero-order valence-corrected chi connectivity index (χ0v) is 21.3. The second-order valence-corrected chi connectivity index (χ2v) is 9.85. The molecule has 0 bridgehead atoms. The molecule has 0 radical (unpaired) electrons. The Labute approximate surface area is 208 Å². The summed E-state index contributed by atoms with van der Waals surface area (Å²) < 4.78 is 5.28. The number of hydrogen-bond acceptors (Lipinski definition) is 5. The van der Waals surface area contributed by atoms with Crippen molar-refractivity contribution in [1.82, 2.24) is 15.2 Å². The summed E-state index contributed by atoms with van der Waals surface area (Å²) >= 11 is 0. The van der Waals surface area contributed by atoms with Crippen molar-refractivity contribution in [2.24, 2.45) is 5.41 Å². The zero-order valence-electron chi connectivity index (χ0n) is 21.3. The van der Waals surface area contributed by atoms with Gasteiger partial charge in [0.05, 0.1) is 5.41 Å². The largest absolute Gasteiger partial charge is 0.443 e. The molecule has 2 heterocycles. The molecule has 0 aliphatic carbocycles. The molecule has 3 rings (SSSR count). The monoisotopic (exact) mass is 477 g/mol. The van der Waals surface area contributed by atoms with Gasteiger partial charge < -0.3 is 10.1 Å². The number of imide groups is 1. The van der Waals surface area contributed by atoms with E-state index in [4.69, 9.17) is 4.74 Å². The highest BCUT2D eigenvalue weighted by Crippen LogP contribution is 2.24. The lowest BCUT2D eigenvalue weighted by Crippen LogP contribution is -2.37. The van der Waals surface area contributed by atoms with Crippen LogP contribution in [0.4, 0.5) is 4.79 Å². The topological polar surface area (TPSA) is 88.6 Å². The number of benzene rings is 1. The first-order valence-electron chi connectivity index (χ1n) is 12.5. The maximum absolute atomic E-state index is 12.7. The number of rotatable bonds is 12. The van der Waals surface area contributed by atoms with E-state index in [1.807, 2.05) is 25.3 Å². The molecule has 2 aromatic rings. The number of amides is 3. The van der Waals surface area contributed by atoms with E-state index in [1.165, 1.54) is 11.0 Å². The second-order valence-electron chi connectivity index (χ2n) is 9.85. The van der Waals surface area contributed by atoms with E-state index in [9.17, 15) is 14.4 Å². The number of esters is 1. The molecule has 35 heavy (non-hydrogen) atoms. The van der Waals surface area contributed by atoms with Crippen LogP contribution in [0.1, 0.15) is 57.4 Å². The smallest absolute Gasteiger partial charge is 0.327 e. The third kappa shape index (κ3) is 7.17. The molecule has 8 heteroatoms. The molecule has 186 valence electrons. The summed E-state index contributed by atoms with van der Waals surface area (Å²) in [5.74, 6) is -0.783. The van der Waals surface area contributed by atoms with Crippen LogP contribution in [0.3, 0.4) is 0 Å². The predicted molar refractivity (Wildman–Crippen MR) is 138 cm³/mol. The SMILES string of the molecule is CCCC(C)(C)C(=O)OCN1C(=O)NC(Cc2ccc(BCCc3ccc(CC)cn3)cc2)C1=O. The van der Waals surface area contributed by atoms with Crippen LogP contribution in [0.2, 0.25) is 6.32 Å². The van der Waals surface area contributed by atoms with Crippen LogP contribution in [-0.2, 0) is 33.6 Å². The molecule has 1 unspecified atom stereocenters. The average Bonchev–Trinajstić information content (AvgIpc) is 3.11. The number of hydrogen-bond donors (Lipinski definition) is 1. The van der Waals surface area contributed by atoms with Crippen molar-refractivity contribution >= 4 is 30.6 Å². The van der Waals surface area contributed by atoms with Crippen molar-refractivity contribution in [2.75, 3.05) is 6.73 Å². The highest BCUT2D eigenvalue weighted by molar-refractivity contribution is 6.53. The van der Waals surface area contributed by atoms with Crippen molar-refractivity contribution in [3.05, 3.63) is 59.4 Å². The van der Waals surface area contributed by atoms with E-state index < -0.39 is 23.5 Å². The molecule has 1 aliphatic rings. The van der Waals surface area contributed by atoms with Gasteiger partial charge in [-0.1, -0.05) is 62.4 Å². The van der Waals surface area contributed by atoms with Crippen molar-refractivity contribution in [3.63, 3.8) is 0 Å². The van der Waals surface area contributed by atoms with Gasteiger partial charge >= 0.3 is 12.0 Å². The Morgan fingerprint density at radius 1 is 1.11 bits per heavy atom. The summed E-state index contributed by atoms with van der Waals surface area (Å²) in [6.45, 7) is 7.37. The van der Waals surface area contributed by atoms with E-state index in [2.05, 4.69) is 41.5 Å². The minimum Gasteiger partial charge on any atom is -0.443 e. The van der Waals surface area contributed by atoms with E-state index in [0.29, 0.717) is 12.8 Å². The zero-order chi connectivity index (χ0) is 25.4. The number of nitrogens with one attached hydrogen (secondary N) is 1. The van der Waals surface area contributed by atoms with Gasteiger partial charge in [-0.3, -0.25) is 14.6 Å². The van der Waals surface area contributed by atoms with Gasteiger partial charge in [0.15, 0.2) is 14.0 Å². The molecule has 1 atom stereocenters. The van der Waals surface area contributed by atoms with Crippen molar-refractivity contribution < 1.29 is 19.1 Å². The van der Waals surface area contributed by atoms with Crippen LogP contribution < -0.4 is 10.8 Å². The summed E-state index contributed by atoms with van der Waals surface area (Å²) in [6, 6.07) is 11.2. The standard InChI is InChI=1S/C27H36BN3O4/c1-5-14-27(3,4)25(33)35-18-31-24(32)23(30-26(31)34)16-20-7-10-21(11-8-20)28-15-13-22-12-9-19(6-2)17-29-22/h7-12,17,23,28H,5-6,13-16,18H2,1-4H3,(H,30,34). The van der Waals surface area contributed by atoms with Crippen LogP contribution >= 0.6 is 0 Å². The van der Waals surface area contributed by atoms with Crippen LogP contribution in [0, 0.1) is 5.41 Å². The fourth-order valence-electron chi connectivity index (χ4n) is 4.25. The molecular formula is C27H36BN3O4. The molecule has 1 saturated heterocycles. The van der Waals surface area contributed by atoms with Gasteiger partial charge in [-0.15, -0.1) is 0 Å². The Bertz CT molecular complexity index is 1020. The van der Waals surface area contributed by atoms with Gasteiger partial charge in [0, 0.05) is 18.3 Å². The highest BCUT2D eigenvalue weighted by atomic mass is 16.5. The number of aryl methyl sites for hydroxylation is 2. The first-order chi connectivity index (χ1) is 16.7. The van der Waals surface area contributed by atoms with E-state index >= 15 is 0 Å².